The van der Waals surface area contributed by atoms with E-state index in [2.05, 4.69) is 12.2 Å². The van der Waals surface area contributed by atoms with Gasteiger partial charge in [-0.05, 0) is 54.8 Å². The van der Waals surface area contributed by atoms with Crippen LogP contribution in [-0.4, -0.2) is 31.6 Å². The number of anilines is 2. The van der Waals surface area contributed by atoms with Crippen LogP contribution in [0.1, 0.15) is 32.3 Å². The van der Waals surface area contributed by atoms with E-state index in [4.69, 9.17) is 9.47 Å². The minimum absolute atomic E-state index is 0.0454. The van der Waals surface area contributed by atoms with Crippen molar-refractivity contribution in [2.45, 2.75) is 26.7 Å². The number of nitrogens with one attached hydrogen (secondary N) is 1. The number of nitrogens with zero attached hydrogens (tertiary/aromatic N) is 1. The average molecular weight is 394 g/mol. The van der Waals surface area contributed by atoms with Gasteiger partial charge in [0.25, 0.3) is 5.91 Å². The molecule has 29 heavy (non-hydrogen) atoms. The van der Waals surface area contributed by atoms with E-state index < -0.39 is 0 Å². The minimum atomic E-state index is -0.249. The third-order valence-electron chi connectivity index (χ3n) is 4.40. The first-order chi connectivity index (χ1) is 14.1. The van der Waals surface area contributed by atoms with Gasteiger partial charge in [-0.1, -0.05) is 26.0 Å². The van der Waals surface area contributed by atoms with E-state index in [1.54, 1.807) is 29.2 Å². The molecule has 0 saturated heterocycles. The predicted octanol–water partition coefficient (Wildman–Crippen LogP) is 4.26. The molecule has 1 aliphatic heterocycles. The predicted molar refractivity (Wildman–Crippen MR) is 114 cm³/mol. The van der Waals surface area contributed by atoms with Gasteiger partial charge in [0.15, 0.2) is 6.61 Å². The van der Waals surface area contributed by atoms with Crippen molar-refractivity contribution in [2.24, 2.45) is 0 Å². The Hall–Kier alpha value is -3.28. The third-order valence-corrected chi connectivity index (χ3v) is 4.40. The smallest absolute Gasteiger partial charge is 0.265 e. The van der Waals surface area contributed by atoms with Crippen molar-refractivity contribution in [1.29, 1.82) is 0 Å². The molecule has 1 N–H and O–H groups in total. The van der Waals surface area contributed by atoms with E-state index in [0.29, 0.717) is 30.3 Å². The summed E-state index contributed by atoms with van der Waals surface area (Å²) in [5.74, 6) is 1.14. The molecular formula is C23H26N2O4. The van der Waals surface area contributed by atoms with Crippen molar-refractivity contribution < 1.29 is 19.1 Å². The Morgan fingerprint density at radius 3 is 2.69 bits per heavy atom. The highest BCUT2D eigenvalue weighted by atomic mass is 16.5. The molecule has 0 atom stereocenters. The lowest BCUT2D eigenvalue weighted by Crippen LogP contribution is -2.39. The number of rotatable bonds is 8. The second-order valence-electron chi connectivity index (χ2n) is 6.76. The number of benzene rings is 2. The summed E-state index contributed by atoms with van der Waals surface area (Å²) in [6.07, 6.45) is 5.02. The first-order valence-corrected chi connectivity index (χ1v) is 9.90. The number of carbonyl (C=O) groups excluding carboxylic acids is 2. The van der Waals surface area contributed by atoms with Crippen LogP contribution in [0, 0.1) is 0 Å². The van der Waals surface area contributed by atoms with Crippen molar-refractivity contribution in [3.05, 3.63) is 54.1 Å². The van der Waals surface area contributed by atoms with Gasteiger partial charge in [-0.25, -0.2) is 0 Å². The lowest BCUT2D eigenvalue weighted by atomic mass is 10.2. The van der Waals surface area contributed by atoms with Crippen LogP contribution in [0.5, 0.6) is 11.5 Å². The molecule has 2 amide bonds. The number of ether oxygens (including phenoxy) is 2. The third kappa shape index (κ3) is 5.38. The van der Waals surface area contributed by atoms with Gasteiger partial charge in [-0.2, -0.15) is 0 Å². The monoisotopic (exact) mass is 394 g/mol. The molecule has 1 aliphatic rings. The largest absolute Gasteiger partial charge is 0.494 e. The fourth-order valence-corrected chi connectivity index (χ4v) is 3.00. The van der Waals surface area contributed by atoms with Gasteiger partial charge >= 0.3 is 0 Å². The van der Waals surface area contributed by atoms with E-state index in [1.165, 1.54) is 6.08 Å². The normalized spacial score (nSPS) is 13.2. The molecule has 0 spiro atoms. The fourth-order valence-electron chi connectivity index (χ4n) is 3.00. The zero-order chi connectivity index (χ0) is 20.6. The van der Waals surface area contributed by atoms with E-state index in [9.17, 15) is 9.59 Å². The lowest BCUT2D eigenvalue weighted by molar-refractivity contribution is -0.121. The Bertz CT molecular complexity index is 890. The molecule has 0 fully saturated rings. The molecule has 0 aliphatic carbocycles. The summed E-state index contributed by atoms with van der Waals surface area (Å²) in [5, 5.41) is 2.84. The molecule has 6 nitrogen and oxygen atoms in total. The highest BCUT2D eigenvalue weighted by Gasteiger charge is 2.25. The molecule has 0 aromatic heterocycles. The van der Waals surface area contributed by atoms with E-state index in [-0.39, 0.29) is 18.4 Å². The average Bonchev–Trinajstić information content (AvgIpc) is 2.73. The molecule has 0 unspecified atom stereocenters. The van der Waals surface area contributed by atoms with E-state index in [0.717, 1.165) is 24.2 Å². The molecule has 1 heterocycles. The van der Waals surface area contributed by atoms with Crippen LogP contribution in [0.25, 0.3) is 6.08 Å². The highest BCUT2D eigenvalue weighted by Crippen LogP contribution is 2.34. The quantitative estimate of drug-likeness (QED) is 0.679. The summed E-state index contributed by atoms with van der Waals surface area (Å²) in [6.45, 7) is 5.42. The Morgan fingerprint density at radius 1 is 1.17 bits per heavy atom. The number of hydrogen-bond donors (Lipinski definition) is 1. The highest BCUT2D eigenvalue weighted by molar-refractivity contribution is 6.03. The maximum Gasteiger partial charge on any atom is 0.265 e. The SMILES string of the molecule is CCCOc1ccc(/C=C/C(=O)Nc2ccc3c(c2)N(CCC)C(=O)CO3)cc1. The van der Waals surface area contributed by atoms with Gasteiger partial charge in [-0.3, -0.25) is 9.59 Å². The summed E-state index contributed by atoms with van der Waals surface area (Å²) in [7, 11) is 0. The van der Waals surface area contributed by atoms with Gasteiger partial charge in [-0.15, -0.1) is 0 Å². The van der Waals surface area contributed by atoms with Gasteiger partial charge in [0, 0.05) is 18.3 Å². The van der Waals surface area contributed by atoms with Crippen molar-refractivity contribution in [1.82, 2.24) is 0 Å². The summed E-state index contributed by atoms with van der Waals surface area (Å²) < 4.78 is 11.0. The number of amides is 2. The van der Waals surface area contributed by atoms with Gasteiger partial charge in [0.1, 0.15) is 11.5 Å². The molecule has 0 saturated carbocycles. The minimum Gasteiger partial charge on any atom is -0.494 e. The van der Waals surface area contributed by atoms with Crippen LogP contribution in [0.15, 0.2) is 48.5 Å². The van der Waals surface area contributed by atoms with Crippen molar-refractivity contribution in [3.8, 4) is 11.5 Å². The van der Waals surface area contributed by atoms with Gasteiger partial charge in [0.05, 0.1) is 12.3 Å². The van der Waals surface area contributed by atoms with E-state index in [1.807, 2.05) is 31.2 Å². The lowest BCUT2D eigenvalue weighted by Gasteiger charge is -2.29. The summed E-state index contributed by atoms with van der Waals surface area (Å²) in [5.41, 5.74) is 2.20. The Labute approximate surface area is 171 Å². The van der Waals surface area contributed by atoms with Crippen molar-refractivity contribution in [3.63, 3.8) is 0 Å². The summed E-state index contributed by atoms with van der Waals surface area (Å²) in [6, 6.07) is 12.9. The molecule has 2 aromatic rings. The second-order valence-corrected chi connectivity index (χ2v) is 6.76. The van der Waals surface area contributed by atoms with Crippen LogP contribution in [-0.2, 0) is 9.59 Å². The zero-order valence-electron chi connectivity index (χ0n) is 16.8. The Morgan fingerprint density at radius 2 is 1.97 bits per heavy atom. The van der Waals surface area contributed by atoms with Crippen LogP contribution in [0.4, 0.5) is 11.4 Å². The maximum atomic E-state index is 12.3. The first-order valence-electron chi connectivity index (χ1n) is 9.90. The van der Waals surface area contributed by atoms with Crippen LogP contribution in [0.2, 0.25) is 0 Å². The topological polar surface area (TPSA) is 67.9 Å². The maximum absolute atomic E-state index is 12.3. The Kier molecular flexibility index (Phi) is 6.89. The van der Waals surface area contributed by atoms with Gasteiger partial charge < -0.3 is 19.7 Å². The molecule has 2 aromatic carbocycles. The molecule has 3 rings (SSSR count). The van der Waals surface area contributed by atoms with Crippen LogP contribution < -0.4 is 19.7 Å². The van der Waals surface area contributed by atoms with Crippen molar-refractivity contribution in [2.75, 3.05) is 30.0 Å². The second kappa shape index (κ2) is 9.78. The number of carbonyl (C=O) groups is 2. The molecular weight excluding hydrogens is 368 g/mol. The standard InChI is InChI=1S/C23H26N2O4/c1-3-13-25-20-15-18(8-11-21(20)29-16-23(25)27)24-22(26)12-7-17-5-9-19(10-6-17)28-14-4-2/h5-12,15H,3-4,13-14,16H2,1-2H3,(H,24,26)/b12-7+. The summed E-state index contributed by atoms with van der Waals surface area (Å²) in [4.78, 5) is 26.1. The number of hydrogen-bond acceptors (Lipinski definition) is 4. The number of fused-ring (bicyclic) bond motifs is 1. The van der Waals surface area contributed by atoms with E-state index >= 15 is 0 Å². The molecule has 0 bridgehead atoms. The summed E-state index contributed by atoms with van der Waals surface area (Å²) >= 11 is 0. The zero-order valence-corrected chi connectivity index (χ0v) is 16.8. The van der Waals surface area contributed by atoms with Crippen LogP contribution >= 0.6 is 0 Å². The fraction of sp³-hybridized carbons (Fsp3) is 0.304. The Balaban J connectivity index is 1.65. The first kappa shape index (κ1) is 20.5. The van der Waals surface area contributed by atoms with Gasteiger partial charge in [0.2, 0.25) is 5.91 Å². The molecule has 152 valence electrons. The van der Waals surface area contributed by atoms with Crippen molar-refractivity contribution >= 4 is 29.3 Å². The molecule has 6 heteroatoms. The molecule has 0 radical (unpaired) electrons. The van der Waals surface area contributed by atoms with Crippen LogP contribution in [0.3, 0.4) is 0 Å².